The second-order valence-electron chi connectivity index (χ2n) is 4.28. The number of hydrogen-bond donors (Lipinski definition) is 2. The lowest BCUT2D eigenvalue weighted by molar-refractivity contribution is -0.137. The fourth-order valence-electron chi connectivity index (χ4n) is 1.92. The number of halogens is 4. The number of anilines is 1. The number of ether oxygens (including phenoxy) is 1. The van der Waals surface area contributed by atoms with Crippen molar-refractivity contribution in [2.24, 2.45) is 5.73 Å². The van der Waals surface area contributed by atoms with Crippen LogP contribution in [0.4, 0.5) is 19.0 Å². The summed E-state index contributed by atoms with van der Waals surface area (Å²) < 4.78 is 44.6. The van der Waals surface area contributed by atoms with Crippen LogP contribution < -0.4 is 10.6 Å². The van der Waals surface area contributed by atoms with Crippen LogP contribution in [0.3, 0.4) is 0 Å². The Balaban J connectivity index is 2.35. The van der Waals surface area contributed by atoms with Crippen molar-refractivity contribution < 1.29 is 17.9 Å². The van der Waals surface area contributed by atoms with Crippen LogP contribution in [0.15, 0.2) is 16.7 Å². The number of rotatable bonds is 2. The van der Waals surface area contributed by atoms with Crippen molar-refractivity contribution in [1.29, 1.82) is 5.41 Å². The van der Waals surface area contributed by atoms with Gasteiger partial charge in [0, 0.05) is 17.2 Å². The number of aromatic nitrogens is 1. The molecule has 1 unspecified atom stereocenters. The maximum atomic E-state index is 13.1. The van der Waals surface area contributed by atoms with Gasteiger partial charge in [0.1, 0.15) is 17.8 Å². The standard InChI is InChI=1S/C11H12BrF3N4O/c12-6-3-7(11(13,14)15)10(18-4-6)19-1-2-20-8(5-19)9(16)17/h3-4,8H,1-2,5H2,(H3,16,17). The van der Waals surface area contributed by atoms with Crippen LogP contribution in [0, 0.1) is 5.41 Å². The van der Waals surface area contributed by atoms with E-state index >= 15 is 0 Å². The minimum Gasteiger partial charge on any atom is -0.385 e. The minimum atomic E-state index is -4.50. The van der Waals surface area contributed by atoms with E-state index in [9.17, 15) is 13.2 Å². The summed E-state index contributed by atoms with van der Waals surface area (Å²) >= 11 is 2.99. The van der Waals surface area contributed by atoms with E-state index in [-0.39, 0.29) is 35.8 Å². The molecule has 0 spiro atoms. The highest BCUT2D eigenvalue weighted by molar-refractivity contribution is 9.10. The monoisotopic (exact) mass is 352 g/mol. The van der Waals surface area contributed by atoms with Crippen molar-refractivity contribution in [2.75, 3.05) is 24.6 Å². The zero-order chi connectivity index (χ0) is 14.9. The van der Waals surface area contributed by atoms with E-state index in [4.69, 9.17) is 15.9 Å². The molecule has 1 aliphatic heterocycles. The molecule has 110 valence electrons. The van der Waals surface area contributed by atoms with Gasteiger partial charge in [-0.1, -0.05) is 0 Å². The smallest absolute Gasteiger partial charge is 0.385 e. The maximum Gasteiger partial charge on any atom is 0.419 e. The predicted molar refractivity (Wildman–Crippen MR) is 70.8 cm³/mol. The molecule has 5 nitrogen and oxygen atoms in total. The first-order chi connectivity index (χ1) is 9.29. The Morgan fingerprint density at radius 1 is 1.55 bits per heavy atom. The zero-order valence-corrected chi connectivity index (χ0v) is 11.8. The number of nitrogens with two attached hydrogens (primary N) is 1. The molecule has 1 aliphatic rings. The Morgan fingerprint density at radius 2 is 2.25 bits per heavy atom. The van der Waals surface area contributed by atoms with Crippen LogP contribution in [0.2, 0.25) is 0 Å². The molecule has 1 aromatic rings. The SMILES string of the molecule is N=C(N)C1CN(c2ncc(Br)cc2C(F)(F)F)CCO1. The highest BCUT2D eigenvalue weighted by Crippen LogP contribution is 2.37. The van der Waals surface area contributed by atoms with Gasteiger partial charge in [-0.2, -0.15) is 13.2 Å². The van der Waals surface area contributed by atoms with Crippen molar-refractivity contribution >= 4 is 27.6 Å². The summed E-state index contributed by atoms with van der Waals surface area (Å²) in [7, 11) is 0. The first-order valence-corrected chi connectivity index (χ1v) is 6.51. The largest absolute Gasteiger partial charge is 0.419 e. The van der Waals surface area contributed by atoms with Gasteiger partial charge in [0.15, 0.2) is 0 Å². The molecule has 9 heteroatoms. The van der Waals surface area contributed by atoms with Crippen LogP contribution in [-0.4, -0.2) is 36.6 Å². The third kappa shape index (κ3) is 3.21. The molecule has 1 fully saturated rings. The number of hydrogen-bond acceptors (Lipinski definition) is 4. The van der Waals surface area contributed by atoms with Crippen molar-refractivity contribution in [3.8, 4) is 0 Å². The second-order valence-corrected chi connectivity index (χ2v) is 5.20. The predicted octanol–water partition coefficient (Wildman–Crippen LogP) is 2.00. The number of nitrogens with one attached hydrogen (secondary N) is 1. The third-order valence-electron chi connectivity index (χ3n) is 2.85. The summed E-state index contributed by atoms with van der Waals surface area (Å²) in [6.07, 6.45) is -3.91. The maximum absolute atomic E-state index is 13.1. The average Bonchev–Trinajstić information content (AvgIpc) is 2.37. The Bertz CT molecular complexity index is 523. The molecule has 0 aromatic carbocycles. The van der Waals surface area contributed by atoms with E-state index in [0.717, 1.165) is 6.07 Å². The molecular formula is C11H12BrF3N4O. The summed E-state index contributed by atoms with van der Waals surface area (Å²) in [6.45, 7) is 0.536. The average molecular weight is 353 g/mol. The third-order valence-corrected chi connectivity index (χ3v) is 3.29. The molecule has 1 aromatic heterocycles. The molecule has 0 radical (unpaired) electrons. The van der Waals surface area contributed by atoms with Crippen molar-refractivity contribution in [1.82, 2.24) is 4.98 Å². The summed E-state index contributed by atoms with van der Waals surface area (Å²) in [6, 6.07) is 0.987. The Hall–Kier alpha value is -1.35. The number of amidine groups is 1. The summed E-state index contributed by atoms with van der Waals surface area (Å²) in [4.78, 5) is 5.29. The van der Waals surface area contributed by atoms with Gasteiger partial charge in [-0.3, -0.25) is 5.41 Å². The minimum absolute atomic E-state index is 0.0764. The summed E-state index contributed by atoms with van der Waals surface area (Å²) in [5, 5.41) is 7.33. The number of alkyl halides is 3. The number of nitrogens with zero attached hydrogens (tertiary/aromatic N) is 2. The Morgan fingerprint density at radius 3 is 2.85 bits per heavy atom. The molecule has 0 bridgehead atoms. The molecule has 20 heavy (non-hydrogen) atoms. The fourth-order valence-corrected chi connectivity index (χ4v) is 2.25. The van der Waals surface area contributed by atoms with Crippen LogP contribution in [0.25, 0.3) is 0 Å². The molecule has 2 rings (SSSR count). The van der Waals surface area contributed by atoms with E-state index in [1.807, 2.05) is 0 Å². The molecule has 1 atom stereocenters. The van der Waals surface area contributed by atoms with Gasteiger partial charge < -0.3 is 15.4 Å². The zero-order valence-electron chi connectivity index (χ0n) is 10.2. The van der Waals surface area contributed by atoms with Crippen LogP contribution in [0.1, 0.15) is 5.56 Å². The Kier molecular flexibility index (Phi) is 4.19. The summed E-state index contributed by atoms with van der Waals surface area (Å²) in [5.74, 6) is -0.379. The second kappa shape index (κ2) is 5.57. The summed E-state index contributed by atoms with van der Waals surface area (Å²) in [5.41, 5.74) is 4.51. The molecule has 1 saturated heterocycles. The highest BCUT2D eigenvalue weighted by atomic mass is 79.9. The first kappa shape index (κ1) is 15.0. The fraction of sp³-hybridized carbons (Fsp3) is 0.455. The Labute approximate surface area is 121 Å². The normalized spacial score (nSPS) is 20.0. The lowest BCUT2D eigenvalue weighted by Gasteiger charge is -2.34. The van der Waals surface area contributed by atoms with E-state index < -0.39 is 17.8 Å². The van der Waals surface area contributed by atoms with Gasteiger partial charge in [-0.15, -0.1) is 0 Å². The quantitative estimate of drug-likeness (QED) is 0.630. The van der Waals surface area contributed by atoms with E-state index in [0.29, 0.717) is 0 Å². The van der Waals surface area contributed by atoms with Gasteiger partial charge in [-0.25, -0.2) is 4.98 Å². The van der Waals surface area contributed by atoms with Gasteiger partial charge in [0.05, 0.1) is 18.7 Å². The van der Waals surface area contributed by atoms with Crippen LogP contribution in [0.5, 0.6) is 0 Å². The lowest BCUT2D eigenvalue weighted by atomic mass is 10.2. The number of pyridine rings is 1. The first-order valence-electron chi connectivity index (χ1n) is 5.72. The molecule has 0 saturated carbocycles. The molecule has 3 N–H and O–H groups in total. The van der Waals surface area contributed by atoms with Gasteiger partial charge in [0.25, 0.3) is 0 Å². The highest BCUT2D eigenvalue weighted by Gasteiger charge is 2.37. The molecule has 0 amide bonds. The van der Waals surface area contributed by atoms with Crippen molar-refractivity contribution in [3.05, 3.63) is 22.3 Å². The topological polar surface area (TPSA) is 75.2 Å². The van der Waals surface area contributed by atoms with E-state index in [2.05, 4.69) is 20.9 Å². The lowest BCUT2D eigenvalue weighted by Crippen LogP contribution is -2.49. The molecule has 0 aliphatic carbocycles. The molecular weight excluding hydrogens is 341 g/mol. The van der Waals surface area contributed by atoms with Gasteiger partial charge in [-0.05, 0) is 22.0 Å². The molecule has 2 heterocycles. The van der Waals surface area contributed by atoms with Crippen LogP contribution >= 0.6 is 15.9 Å². The van der Waals surface area contributed by atoms with Crippen molar-refractivity contribution in [3.63, 3.8) is 0 Å². The van der Waals surface area contributed by atoms with E-state index in [1.54, 1.807) is 0 Å². The van der Waals surface area contributed by atoms with Crippen LogP contribution in [-0.2, 0) is 10.9 Å². The van der Waals surface area contributed by atoms with E-state index in [1.165, 1.54) is 11.1 Å². The van der Waals surface area contributed by atoms with Gasteiger partial charge >= 0.3 is 6.18 Å². The van der Waals surface area contributed by atoms with Crippen molar-refractivity contribution in [2.45, 2.75) is 12.3 Å². The number of morpholine rings is 1. The van der Waals surface area contributed by atoms with Gasteiger partial charge in [0.2, 0.25) is 0 Å².